The standard InChI is InChI=1S/C17H20BrN5O2/c1-17(2,3)25-16(24)20-6-7-23-9-12-11-5-4-10(18)8-13(11)21-15(19)14(12)22-23/h4-5,8-9H,6-7H2,1-3H3,(H2,19,21)(H,20,24). The van der Waals surface area contributed by atoms with Crippen LogP contribution in [0.15, 0.2) is 28.9 Å². The third-order valence-corrected chi connectivity index (χ3v) is 4.00. The molecule has 0 atom stereocenters. The number of rotatable bonds is 3. The van der Waals surface area contributed by atoms with Crippen molar-refractivity contribution in [3.8, 4) is 0 Å². The van der Waals surface area contributed by atoms with Gasteiger partial charge in [0.2, 0.25) is 0 Å². The maximum Gasteiger partial charge on any atom is 0.407 e. The molecule has 1 aromatic carbocycles. The number of hydrogen-bond acceptors (Lipinski definition) is 5. The highest BCUT2D eigenvalue weighted by molar-refractivity contribution is 9.10. The third kappa shape index (κ3) is 4.01. The summed E-state index contributed by atoms with van der Waals surface area (Å²) in [5.41, 5.74) is 6.99. The van der Waals surface area contributed by atoms with Crippen LogP contribution in [-0.2, 0) is 11.3 Å². The molecule has 1 amide bonds. The van der Waals surface area contributed by atoms with Crippen molar-refractivity contribution in [3.63, 3.8) is 0 Å². The van der Waals surface area contributed by atoms with Crippen molar-refractivity contribution in [2.24, 2.45) is 0 Å². The zero-order chi connectivity index (χ0) is 18.2. The number of fused-ring (bicyclic) bond motifs is 3. The van der Waals surface area contributed by atoms with Gasteiger partial charge < -0.3 is 15.8 Å². The molecule has 0 aliphatic carbocycles. The Morgan fingerprint density at radius 1 is 1.36 bits per heavy atom. The second-order valence-electron chi connectivity index (χ2n) is 6.74. The number of pyridine rings is 1. The lowest BCUT2D eigenvalue weighted by molar-refractivity contribution is 0.0525. The minimum atomic E-state index is -0.516. The molecule has 0 aliphatic heterocycles. The zero-order valence-corrected chi connectivity index (χ0v) is 15.9. The molecule has 3 N–H and O–H groups in total. The summed E-state index contributed by atoms with van der Waals surface area (Å²) in [5, 5.41) is 9.12. The largest absolute Gasteiger partial charge is 0.444 e. The predicted molar refractivity (Wildman–Crippen MR) is 101 cm³/mol. The molecule has 0 saturated carbocycles. The molecule has 2 aromatic heterocycles. The van der Waals surface area contributed by atoms with Crippen LogP contribution in [0.3, 0.4) is 0 Å². The Balaban J connectivity index is 1.78. The minimum absolute atomic E-state index is 0.388. The predicted octanol–water partition coefficient (Wildman–Crippen LogP) is 3.45. The van der Waals surface area contributed by atoms with Crippen molar-refractivity contribution in [2.45, 2.75) is 32.9 Å². The first kappa shape index (κ1) is 17.5. The summed E-state index contributed by atoms with van der Waals surface area (Å²) in [6.45, 7) is 6.38. The van der Waals surface area contributed by atoms with Crippen LogP contribution in [-0.4, -0.2) is 33.0 Å². The van der Waals surface area contributed by atoms with E-state index in [4.69, 9.17) is 10.5 Å². The number of hydrogen-bond donors (Lipinski definition) is 2. The lowest BCUT2D eigenvalue weighted by Crippen LogP contribution is -2.34. The average Bonchev–Trinajstić information content (AvgIpc) is 2.90. The number of halogens is 1. The molecule has 0 unspecified atom stereocenters. The van der Waals surface area contributed by atoms with Gasteiger partial charge in [-0.15, -0.1) is 0 Å². The number of carbonyl (C=O) groups excluding carboxylic acids is 1. The summed E-state index contributed by atoms with van der Waals surface area (Å²) < 4.78 is 7.90. The number of nitrogens with two attached hydrogens (primary N) is 1. The molecule has 2 heterocycles. The van der Waals surface area contributed by atoms with Crippen LogP contribution in [0.1, 0.15) is 20.8 Å². The number of nitrogens with zero attached hydrogens (tertiary/aromatic N) is 3. The van der Waals surface area contributed by atoms with E-state index in [9.17, 15) is 4.79 Å². The molecule has 0 radical (unpaired) electrons. The Bertz CT molecular complexity index is 945. The van der Waals surface area contributed by atoms with Gasteiger partial charge in [0.25, 0.3) is 0 Å². The molecule has 3 aromatic rings. The molecule has 7 nitrogen and oxygen atoms in total. The lowest BCUT2D eigenvalue weighted by atomic mass is 10.1. The number of anilines is 1. The normalized spacial score (nSPS) is 11.8. The highest BCUT2D eigenvalue weighted by Gasteiger charge is 2.16. The molecule has 25 heavy (non-hydrogen) atoms. The Morgan fingerprint density at radius 3 is 2.84 bits per heavy atom. The Labute approximate surface area is 153 Å². The highest BCUT2D eigenvalue weighted by Crippen LogP contribution is 2.28. The van der Waals surface area contributed by atoms with Crippen molar-refractivity contribution in [3.05, 3.63) is 28.9 Å². The molecule has 3 rings (SSSR count). The van der Waals surface area contributed by atoms with Crippen molar-refractivity contribution >= 4 is 49.6 Å². The van der Waals surface area contributed by atoms with Gasteiger partial charge in [-0.1, -0.05) is 22.0 Å². The van der Waals surface area contributed by atoms with Crippen LogP contribution in [0.4, 0.5) is 10.6 Å². The number of nitrogens with one attached hydrogen (secondary N) is 1. The monoisotopic (exact) mass is 405 g/mol. The SMILES string of the molecule is CC(C)(C)OC(=O)NCCn1cc2c(n1)c(N)nc1cc(Br)ccc12. The van der Waals surface area contributed by atoms with Gasteiger partial charge in [0.05, 0.1) is 12.1 Å². The maximum atomic E-state index is 11.7. The van der Waals surface area contributed by atoms with Crippen LogP contribution in [0.2, 0.25) is 0 Å². The van der Waals surface area contributed by atoms with E-state index in [1.807, 2.05) is 45.2 Å². The fourth-order valence-corrected chi connectivity index (χ4v) is 2.87. The number of nitrogen functional groups attached to an aromatic ring is 1. The van der Waals surface area contributed by atoms with E-state index in [1.54, 1.807) is 4.68 Å². The van der Waals surface area contributed by atoms with E-state index in [1.165, 1.54) is 0 Å². The molecule has 132 valence electrons. The molecule has 0 fully saturated rings. The number of carbonyl (C=O) groups is 1. The number of aromatic nitrogens is 3. The minimum Gasteiger partial charge on any atom is -0.444 e. The number of ether oxygens (including phenoxy) is 1. The van der Waals surface area contributed by atoms with Gasteiger partial charge in [0, 0.05) is 28.0 Å². The summed E-state index contributed by atoms with van der Waals surface area (Å²) in [6, 6.07) is 5.87. The van der Waals surface area contributed by atoms with Gasteiger partial charge in [-0.3, -0.25) is 4.68 Å². The summed E-state index contributed by atoms with van der Waals surface area (Å²) in [5.74, 6) is 0.388. The van der Waals surface area contributed by atoms with Crippen LogP contribution in [0.25, 0.3) is 21.8 Å². The lowest BCUT2D eigenvalue weighted by Gasteiger charge is -2.19. The smallest absolute Gasteiger partial charge is 0.407 e. The first-order valence-corrected chi connectivity index (χ1v) is 8.71. The van der Waals surface area contributed by atoms with Gasteiger partial charge in [-0.25, -0.2) is 9.78 Å². The van der Waals surface area contributed by atoms with Gasteiger partial charge in [0.1, 0.15) is 11.1 Å². The first-order valence-electron chi connectivity index (χ1n) is 7.92. The number of amides is 1. The maximum absolute atomic E-state index is 11.7. The second kappa shape index (κ2) is 6.51. The van der Waals surface area contributed by atoms with Crippen molar-refractivity contribution < 1.29 is 9.53 Å². The number of alkyl carbamates (subject to hydrolysis) is 1. The molecule has 0 spiro atoms. The summed E-state index contributed by atoms with van der Waals surface area (Å²) in [4.78, 5) is 16.1. The quantitative estimate of drug-likeness (QED) is 0.695. The van der Waals surface area contributed by atoms with Gasteiger partial charge >= 0.3 is 6.09 Å². The van der Waals surface area contributed by atoms with E-state index in [0.29, 0.717) is 24.4 Å². The van der Waals surface area contributed by atoms with Crippen LogP contribution >= 0.6 is 15.9 Å². The Morgan fingerprint density at radius 2 is 2.12 bits per heavy atom. The van der Waals surface area contributed by atoms with Crippen molar-refractivity contribution in [2.75, 3.05) is 12.3 Å². The van der Waals surface area contributed by atoms with Crippen molar-refractivity contribution in [1.29, 1.82) is 0 Å². The van der Waals surface area contributed by atoms with E-state index < -0.39 is 11.7 Å². The summed E-state index contributed by atoms with van der Waals surface area (Å²) in [7, 11) is 0. The van der Waals surface area contributed by atoms with Crippen LogP contribution in [0.5, 0.6) is 0 Å². The van der Waals surface area contributed by atoms with E-state index in [-0.39, 0.29) is 0 Å². The summed E-state index contributed by atoms with van der Waals surface area (Å²) in [6.07, 6.45) is 1.47. The molecule has 0 aliphatic rings. The highest BCUT2D eigenvalue weighted by atomic mass is 79.9. The topological polar surface area (TPSA) is 95.1 Å². The van der Waals surface area contributed by atoms with Crippen molar-refractivity contribution in [1.82, 2.24) is 20.1 Å². The molecule has 0 bridgehead atoms. The van der Waals surface area contributed by atoms with E-state index in [2.05, 4.69) is 31.3 Å². The Kier molecular flexibility index (Phi) is 4.55. The third-order valence-electron chi connectivity index (χ3n) is 3.50. The first-order chi connectivity index (χ1) is 11.7. The number of benzene rings is 1. The van der Waals surface area contributed by atoms with Gasteiger partial charge in [0.15, 0.2) is 5.82 Å². The van der Waals surface area contributed by atoms with E-state index >= 15 is 0 Å². The van der Waals surface area contributed by atoms with Gasteiger partial charge in [-0.2, -0.15) is 5.10 Å². The van der Waals surface area contributed by atoms with Crippen LogP contribution < -0.4 is 11.1 Å². The fourth-order valence-electron chi connectivity index (χ4n) is 2.52. The van der Waals surface area contributed by atoms with Crippen LogP contribution in [0, 0.1) is 0 Å². The van der Waals surface area contributed by atoms with E-state index in [0.717, 1.165) is 20.8 Å². The molecule has 8 heteroatoms. The molecular formula is C17H20BrN5O2. The molecular weight excluding hydrogens is 386 g/mol. The molecule has 0 saturated heterocycles. The average molecular weight is 406 g/mol. The summed E-state index contributed by atoms with van der Waals surface area (Å²) >= 11 is 3.44. The second-order valence-corrected chi connectivity index (χ2v) is 7.66. The zero-order valence-electron chi connectivity index (χ0n) is 14.3. The van der Waals surface area contributed by atoms with Gasteiger partial charge in [-0.05, 0) is 32.9 Å². The Hall–Kier alpha value is -2.35. The fraction of sp³-hybridized carbons (Fsp3) is 0.353.